The van der Waals surface area contributed by atoms with Crippen LogP contribution < -0.4 is 0 Å². The molecule has 0 N–H and O–H groups in total. The average Bonchev–Trinajstić information content (AvgIpc) is 3.25. The minimum atomic E-state index is 0.840. The van der Waals surface area contributed by atoms with E-state index in [1.165, 1.54) is 21.5 Å². The van der Waals surface area contributed by atoms with Crippen LogP contribution in [-0.2, 0) is 0 Å². The summed E-state index contributed by atoms with van der Waals surface area (Å²) < 4.78 is 0. The van der Waals surface area contributed by atoms with Gasteiger partial charge in [0.2, 0.25) is 0 Å². The van der Waals surface area contributed by atoms with Crippen molar-refractivity contribution in [2.24, 2.45) is 0 Å². The van der Waals surface area contributed by atoms with Gasteiger partial charge in [0, 0.05) is 43.6 Å². The van der Waals surface area contributed by atoms with Crippen LogP contribution in [0.5, 0.6) is 0 Å². The van der Waals surface area contributed by atoms with Gasteiger partial charge in [-0.1, -0.05) is 146 Å². The molecule has 4 heterocycles. The molecule has 0 atom stereocenters. The summed E-state index contributed by atoms with van der Waals surface area (Å²) in [7, 11) is 0. The van der Waals surface area contributed by atoms with Crippen molar-refractivity contribution in [2.45, 2.75) is 0 Å². The zero-order valence-electron chi connectivity index (χ0n) is 29.1. The minimum absolute atomic E-state index is 0.840. The molecule has 0 saturated heterocycles. The highest BCUT2D eigenvalue weighted by atomic mass is 14.8. The lowest BCUT2D eigenvalue weighted by atomic mass is 9.98. The molecular formula is C50H30N4. The van der Waals surface area contributed by atoms with Crippen LogP contribution in [-0.4, -0.2) is 19.9 Å². The van der Waals surface area contributed by atoms with Crippen molar-refractivity contribution >= 4 is 65.0 Å². The highest BCUT2D eigenvalue weighted by molar-refractivity contribution is 6.18. The lowest BCUT2D eigenvalue weighted by Crippen LogP contribution is -1.94. The molecule has 0 spiro atoms. The van der Waals surface area contributed by atoms with E-state index < -0.39 is 0 Å². The van der Waals surface area contributed by atoms with E-state index in [9.17, 15) is 0 Å². The maximum Gasteiger partial charge on any atom is 0.0972 e. The van der Waals surface area contributed by atoms with Gasteiger partial charge in [-0.3, -0.25) is 0 Å². The van der Waals surface area contributed by atoms with Crippen LogP contribution in [0.1, 0.15) is 0 Å². The Morgan fingerprint density at radius 1 is 0.241 bits per heavy atom. The maximum absolute atomic E-state index is 5.32. The summed E-state index contributed by atoms with van der Waals surface area (Å²) in [6.07, 6.45) is 0. The highest BCUT2D eigenvalue weighted by Crippen LogP contribution is 2.36. The zero-order valence-corrected chi connectivity index (χ0v) is 29.1. The molecule has 0 unspecified atom stereocenters. The van der Waals surface area contributed by atoms with Crippen molar-refractivity contribution < 1.29 is 0 Å². The first kappa shape index (κ1) is 30.3. The predicted molar refractivity (Wildman–Crippen MR) is 224 cm³/mol. The summed E-state index contributed by atoms with van der Waals surface area (Å²) in [6, 6.07) is 63.7. The summed E-state index contributed by atoms with van der Waals surface area (Å²) in [5.41, 5.74) is 10.3. The predicted octanol–water partition coefficient (Wildman–Crippen LogP) is 12.9. The number of hydrogen-bond donors (Lipinski definition) is 0. The largest absolute Gasteiger partial charge is 0.246 e. The van der Waals surface area contributed by atoms with E-state index in [-0.39, 0.29) is 0 Å². The Hall–Kier alpha value is -7.30. The zero-order chi connectivity index (χ0) is 35.6. The molecule has 4 nitrogen and oxygen atoms in total. The Morgan fingerprint density at radius 2 is 0.778 bits per heavy atom. The van der Waals surface area contributed by atoms with Crippen molar-refractivity contribution in [3.05, 3.63) is 182 Å². The lowest BCUT2D eigenvalue weighted by molar-refractivity contribution is 1.29. The van der Waals surface area contributed by atoms with E-state index in [2.05, 4.69) is 182 Å². The third kappa shape index (κ3) is 5.00. The van der Waals surface area contributed by atoms with Gasteiger partial charge in [-0.2, -0.15) is 0 Å². The molecule has 4 heteroatoms. The maximum atomic E-state index is 5.32. The van der Waals surface area contributed by atoms with Gasteiger partial charge in [0.1, 0.15) is 0 Å². The normalized spacial score (nSPS) is 11.7. The third-order valence-corrected chi connectivity index (χ3v) is 10.6. The monoisotopic (exact) mass is 686 g/mol. The molecule has 7 aromatic carbocycles. The summed E-state index contributed by atoms with van der Waals surface area (Å²) in [6.45, 7) is 0. The first-order valence-electron chi connectivity index (χ1n) is 18.2. The Kier molecular flexibility index (Phi) is 6.82. The van der Waals surface area contributed by atoms with Gasteiger partial charge in [-0.15, -0.1) is 0 Å². The van der Waals surface area contributed by atoms with Crippen LogP contribution in [0.15, 0.2) is 182 Å². The fourth-order valence-electron chi connectivity index (χ4n) is 7.89. The Morgan fingerprint density at radius 3 is 1.54 bits per heavy atom. The Labute approximate surface area is 311 Å². The van der Waals surface area contributed by atoms with E-state index in [0.717, 1.165) is 88.6 Å². The van der Waals surface area contributed by atoms with Crippen molar-refractivity contribution in [3.8, 4) is 45.2 Å². The number of hydrogen-bond acceptors (Lipinski definition) is 4. The topological polar surface area (TPSA) is 51.6 Å². The van der Waals surface area contributed by atoms with E-state index in [1.807, 2.05) is 0 Å². The molecule has 0 bridgehead atoms. The van der Waals surface area contributed by atoms with E-state index in [1.54, 1.807) is 0 Å². The highest BCUT2D eigenvalue weighted by Gasteiger charge is 2.15. The number of aromatic nitrogens is 4. The molecule has 0 amide bonds. The molecule has 0 radical (unpaired) electrons. The number of pyridine rings is 4. The standard InChI is InChI=1S/C50H30N4/c1-2-11-35-29-38(22-19-31(35)9-1)45-28-25-34-21-20-33-24-27-44(52-47(33)48(34)53-45)37-13-7-12-36(30-37)43-17-8-18-46(51-43)50-41-16-6-5-15-40(41)42-26-23-32-10-3-4-14-39(32)49(42)54-50/h1-30H. The smallest absolute Gasteiger partial charge is 0.0972 e. The van der Waals surface area contributed by atoms with Gasteiger partial charge in [0.05, 0.1) is 45.0 Å². The molecule has 0 fully saturated rings. The fourth-order valence-corrected chi connectivity index (χ4v) is 7.89. The van der Waals surface area contributed by atoms with Crippen LogP contribution in [0.4, 0.5) is 0 Å². The van der Waals surface area contributed by atoms with Gasteiger partial charge in [0.15, 0.2) is 0 Å². The molecule has 4 aromatic heterocycles. The second-order valence-corrected chi connectivity index (χ2v) is 13.8. The van der Waals surface area contributed by atoms with Gasteiger partial charge in [-0.25, -0.2) is 19.9 Å². The molecular weight excluding hydrogens is 657 g/mol. The van der Waals surface area contributed by atoms with Crippen molar-refractivity contribution in [1.82, 2.24) is 19.9 Å². The van der Waals surface area contributed by atoms with Gasteiger partial charge in [0.25, 0.3) is 0 Å². The second kappa shape index (κ2) is 12.1. The molecule has 0 aliphatic rings. The number of nitrogens with zero attached hydrogens (tertiary/aromatic N) is 4. The van der Waals surface area contributed by atoms with Crippen LogP contribution in [0, 0.1) is 0 Å². The molecule has 250 valence electrons. The first-order chi connectivity index (χ1) is 26.7. The van der Waals surface area contributed by atoms with E-state index in [0.29, 0.717) is 0 Å². The third-order valence-electron chi connectivity index (χ3n) is 10.6. The van der Waals surface area contributed by atoms with Crippen LogP contribution >= 0.6 is 0 Å². The second-order valence-electron chi connectivity index (χ2n) is 13.8. The SMILES string of the molecule is c1cc(-c2cccc(-c3nc4c5ccccc5ccc4c4ccccc34)n2)cc(-c2ccc3ccc4ccc(-c5ccc6ccccc6c5)nc4c3n2)c1. The summed E-state index contributed by atoms with van der Waals surface area (Å²) in [4.78, 5) is 21.0. The number of benzene rings is 7. The van der Waals surface area contributed by atoms with E-state index in [4.69, 9.17) is 19.9 Å². The number of fused-ring (bicyclic) bond motifs is 9. The lowest BCUT2D eigenvalue weighted by Gasteiger charge is -2.12. The molecule has 11 aromatic rings. The summed E-state index contributed by atoms with van der Waals surface area (Å²) >= 11 is 0. The Balaban J connectivity index is 1.01. The molecule has 0 aliphatic carbocycles. The average molecular weight is 687 g/mol. The minimum Gasteiger partial charge on any atom is -0.246 e. The molecule has 0 aliphatic heterocycles. The fraction of sp³-hybridized carbons (Fsp3) is 0. The molecule has 11 rings (SSSR count). The van der Waals surface area contributed by atoms with Crippen LogP contribution in [0.25, 0.3) is 110 Å². The molecule has 0 saturated carbocycles. The Bertz CT molecular complexity index is 3290. The van der Waals surface area contributed by atoms with Gasteiger partial charge < -0.3 is 0 Å². The number of rotatable bonds is 4. The van der Waals surface area contributed by atoms with Gasteiger partial charge in [-0.05, 0) is 57.9 Å². The van der Waals surface area contributed by atoms with E-state index >= 15 is 0 Å². The summed E-state index contributed by atoms with van der Waals surface area (Å²) in [5.74, 6) is 0. The quantitative estimate of drug-likeness (QED) is 0.173. The van der Waals surface area contributed by atoms with Crippen molar-refractivity contribution in [3.63, 3.8) is 0 Å². The van der Waals surface area contributed by atoms with Crippen molar-refractivity contribution in [1.29, 1.82) is 0 Å². The summed E-state index contributed by atoms with van der Waals surface area (Å²) in [5, 5.41) is 10.3. The molecule has 54 heavy (non-hydrogen) atoms. The van der Waals surface area contributed by atoms with Crippen LogP contribution in [0.3, 0.4) is 0 Å². The van der Waals surface area contributed by atoms with Crippen molar-refractivity contribution in [2.75, 3.05) is 0 Å². The van der Waals surface area contributed by atoms with Gasteiger partial charge >= 0.3 is 0 Å². The first-order valence-corrected chi connectivity index (χ1v) is 18.2. The van der Waals surface area contributed by atoms with Crippen LogP contribution in [0.2, 0.25) is 0 Å².